The molecule has 0 fully saturated rings. The van der Waals surface area contributed by atoms with Gasteiger partial charge in [-0.05, 0) is 85.6 Å². The molecule has 0 saturated heterocycles. The molecule has 54 heavy (non-hydrogen) atoms. The topological polar surface area (TPSA) is 132 Å². The third-order valence-corrected chi connectivity index (χ3v) is 8.94. The number of fused-ring (bicyclic) bond motifs is 2. The van der Waals surface area contributed by atoms with Crippen molar-refractivity contribution in [1.82, 2.24) is 10.6 Å². The van der Waals surface area contributed by atoms with Crippen LogP contribution >= 0.6 is 0 Å². The Morgan fingerprint density at radius 2 is 0.981 bits per heavy atom. The highest BCUT2D eigenvalue weighted by atomic mass is 19.1. The summed E-state index contributed by atoms with van der Waals surface area (Å²) in [7, 11) is 5.94. The van der Waals surface area contributed by atoms with Crippen molar-refractivity contribution in [3.63, 3.8) is 0 Å². The van der Waals surface area contributed by atoms with Gasteiger partial charge >= 0.3 is 11.9 Å². The first kappa shape index (κ1) is 37.9. The van der Waals surface area contributed by atoms with Gasteiger partial charge in [0.2, 0.25) is 0 Å². The van der Waals surface area contributed by atoms with Gasteiger partial charge in [-0.15, -0.1) is 0 Å². The lowest BCUT2D eigenvalue weighted by Crippen LogP contribution is -2.46. The van der Waals surface area contributed by atoms with Crippen molar-refractivity contribution in [1.29, 1.82) is 0 Å². The van der Waals surface area contributed by atoms with E-state index in [9.17, 15) is 18.4 Å². The van der Waals surface area contributed by atoms with Gasteiger partial charge in [-0.2, -0.15) is 0 Å². The maximum atomic E-state index is 14.3. The van der Waals surface area contributed by atoms with E-state index in [0.29, 0.717) is 71.2 Å². The predicted molar refractivity (Wildman–Crippen MR) is 191 cm³/mol. The molecule has 2 N–H and O–H groups in total. The Balaban J connectivity index is 1.35. The smallest absolute Gasteiger partial charge is 0.334 e. The van der Waals surface area contributed by atoms with E-state index in [-0.39, 0.29) is 24.6 Å². The molecule has 14 heteroatoms. The molecule has 0 aromatic heterocycles. The van der Waals surface area contributed by atoms with E-state index in [1.165, 1.54) is 64.8 Å². The number of methoxy groups -OCH3 is 4. The Bertz CT molecular complexity index is 1900. The van der Waals surface area contributed by atoms with Gasteiger partial charge in [-0.25, -0.2) is 18.4 Å². The Morgan fingerprint density at radius 3 is 1.35 bits per heavy atom. The van der Waals surface area contributed by atoms with Crippen LogP contribution in [0.15, 0.2) is 84.9 Å². The molecule has 0 saturated carbocycles. The zero-order chi connectivity index (χ0) is 38.3. The van der Waals surface area contributed by atoms with Gasteiger partial charge in [-0.3, -0.25) is 0 Å². The molecule has 12 nitrogen and oxygen atoms in total. The maximum Gasteiger partial charge on any atom is 0.334 e. The number of nitrogens with one attached hydrogen (secondary N) is 2. The van der Waals surface area contributed by atoms with E-state index < -0.39 is 35.1 Å². The summed E-state index contributed by atoms with van der Waals surface area (Å²) in [5.74, 6) is -5.06. The first-order valence-electron chi connectivity index (χ1n) is 17.1. The monoisotopic (exact) mass is 746 g/mol. The molecule has 6 rings (SSSR count). The van der Waals surface area contributed by atoms with Crippen molar-refractivity contribution in [2.45, 2.75) is 24.4 Å². The third-order valence-electron chi connectivity index (χ3n) is 8.94. The first-order chi connectivity index (χ1) is 26.1. The summed E-state index contributed by atoms with van der Waals surface area (Å²) in [6.07, 6.45) is 2.78. The first-order valence-corrected chi connectivity index (χ1v) is 17.1. The lowest BCUT2D eigenvalue weighted by Gasteiger charge is -2.34. The largest absolute Gasteiger partial charge is 0.493 e. The highest BCUT2D eigenvalue weighted by molar-refractivity contribution is 5.92. The number of esters is 2. The van der Waals surface area contributed by atoms with Gasteiger partial charge in [-0.1, -0.05) is 12.1 Å². The van der Waals surface area contributed by atoms with Crippen molar-refractivity contribution >= 4 is 11.9 Å². The fraction of sp³-hybridized carbons (Fsp3) is 0.300. The lowest BCUT2D eigenvalue weighted by molar-refractivity contribution is -0.198. The molecule has 0 radical (unpaired) electrons. The molecule has 2 atom stereocenters. The van der Waals surface area contributed by atoms with Crippen molar-refractivity contribution < 1.29 is 56.3 Å². The fourth-order valence-corrected chi connectivity index (χ4v) is 6.48. The van der Waals surface area contributed by atoms with Crippen LogP contribution in [0.5, 0.6) is 34.5 Å². The summed E-state index contributed by atoms with van der Waals surface area (Å²) >= 11 is 0. The molecule has 2 unspecified atom stereocenters. The molecule has 0 bridgehead atoms. The van der Waals surface area contributed by atoms with Crippen molar-refractivity contribution in [2.75, 3.05) is 54.6 Å². The number of benzene rings is 4. The Hall–Kier alpha value is -5.86. The van der Waals surface area contributed by atoms with Gasteiger partial charge in [0.1, 0.15) is 23.1 Å². The number of halogens is 2. The minimum atomic E-state index is -1.86. The number of carbonyl (C=O) groups is 2. The van der Waals surface area contributed by atoms with Gasteiger partial charge in [0, 0.05) is 35.4 Å². The van der Waals surface area contributed by atoms with Crippen LogP contribution in [0.25, 0.3) is 0 Å². The quantitative estimate of drug-likeness (QED) is 0.114. The van der Waals surface area contributed by atoms with Crippen molar-refractivity contribution in [3.05, 3.63) is 119 Å². The van der Waals surface area contributed by atoms with Crippen LogP contribution in [0, 0.1) is 11.6 Å². The zero-order valence-corrected chi connectivity index (χ0v) is 30.2. The second-order valence-corrected chi connectivity index (χ2v) is 12.4. The summed E-state index contributed by atoms with van der Waals surface area (Å²) in [4.78, 5) is 27.4. The lowest BCUT2D eigenvalue weighted by atomic mass is 9.97. The van der Waals surface area contributed by atoms with Crippen LogP contribution in [0.1, 0.15) is 22.3 Å². The molecule has 0 aliphatic carbocycles. The number of hydrogen-bond donors (Lipinski definition) is 2. The van der Waals surface area contributed by atoms with Crippen LogP contribution in [-0.4, -0.2) is 66.6 Å². The average Bonchev–Trinajstić information content (AvgIpc) is 3.43. The average molecular weight is 747 g/mol. The summed E-state index contributed by atoms with van der Waals surface area (Å²) in [6, 6.07) is 17.6. The highest BCUT2D eigenvalue weighted by Gasteiger charge is 2.45. The van der Waals surface area contributed by atoms with E-state index in [1.807, 2.05) is 0 Å². The summed E-state index contributed by atoms with van der Waals surface area (Å²) < 4.78 is 75.5. The van der Waals surface area contributed by atoms with Crippen LogP contribution in [0.3, 0.4) is 0 Å². The van der Waals surface area contributed by atoms with E-state index >= 15 is 0 Å². The van der Waals surface area contributed by atoms with E-state index in [0.717, 1.165) is 24.3 Å². The molecule has 2 heterocycles. The molecule has 2 aliphatic rings. The zero-order valence-electron chi connectivity index (χ0n) is 30.2. The molecular weight excluding hydrogens is 706 g/mol. The van der Waals surface area contributed by atoms with Crippen LogP contribution in [0.4, 0.5) is 8.78 Å². The molecule has 0 spiro atoms. The van der Waals surface area contributed by atoms with Gasteiger partial charge in [0.15, 0.2) is 23.0 Å². The summed E-state index contributed by atoms with van der Waals surface area (Å²) in [6.45, 7) is 0.870. The molecule has 4 aromatic rings. The molecule has 284 valence electrons. The number of ether oxygens (including phenoxy) is 8. The number of hydrogen-bond acceptors (Lipinski definition) is 12. The summed E-state index contributed by atoms with van der Waals surface area (Å²) in [5.41, 5.74) is 2.28. The Kier molecular flexibility index (Phi) is 11.5. The number of carbonyl (C=O) groups excluding carboxylic acids is 2. The second kappa shape index (κ2) is 16.4. The van der Waals surface area contributed by atoms with Gasteiger partial charge in [0.05, 0.1) is 41.5 Å². The van der Waals surface area contributed by atoms with Gasteiger partial charge in [0.25, 0.3) is 11.6 Å². The van der Waals surface area contributed by atoms with Crippen LogP contribution < -0.4 is 39.1 Å². The van der Waals surface area contributed by atoms with Crippen LogP contribution in [0.2, 0.25) is 0 Å². The van der Waals surface area contributed by atoms with Crippen molar-refractivity contribution in [3.8, 4) is 34.5 Å². The number of rotatable bonds is 12. The normalized spacial score (nSPS) is 19.3. The molecular formula is C40H40F2N2O10. The van der Waals surface area contributed by atoms with E-state index in [2.05, 4.69) is 10.6 Å². The minimum absolute atomic E-state index is 0.0473. The fourth-order valence-electron chi connectivity index (χ4n) is 6.48. The molecule has 4 aromatic carbocycles. The minimum Gasteiger partial charge on any atom is -0.493 e. The molecule has 0 amide bonds. The van der Waals surface area contributed by atoms with Crippen molar-refractivity contribution in [2.24, 2.45) is 0 Å². The predicted octanol–water partition coefficient (Wildman–Crippen LogP) is 5.10. The standard InChI is InChI=1S/C40H40F2N2O10/c1-47-33-17-25-13-15-43-23-39(31(25)21-35(33)49-3,51-29-9-5-7-27(41)19-29)53-37(45)11-12-38(46)54-40(52-30-10-6-8-28(42)20-30)24-44-16-14-26-18-34(48-2)36(50-4)22-32(26)40/h5-12,17-22,43-44H,13-16,23-24H2,1-4H3/b12-11-. The van der Waals surface area contributed by atoms with Crippen LogP contribution in [-0.2, 0) is 43.5 Å². The van der Waals surface area contributed by atoms with E-state index in [4.69, 9.17) is 37.9 Å². The second-order valence-electron chi connectivity index (χ2n) is 12.4. The molecule has 2 aliphatic heterocycles. The SMILES string of the molecule is COc1cc2c(cc1OC)C(OC(=O)/C=C\C(=O)OC1(Oc3cccc(F)c3)CNCCc3cc(OC)c(OC)cc31)(Oc1cccc(F)c1)CNCC2. The Labute approximate surface area is 310 Å². The highest BCUT2D eigenvalue weighted by Crippen LogP contribution is 2.42. The third kappa shape index (κ3) is 8.19. The Morgan fingerprint density at radius 1 is 0.593 bits per heavy atom. The maximum absolute atomic E-state index is 14.3. The summed E-state index contributed by atoms with van der Waals surface area (Å²) in [5, 5.41) is 6.44. The van der Waals surface area contributed by atoms with E-state index in [1.54, 1.807) is 24.3 Å². The van der Waals surface area contributed by atoms with Gasteiger partial charge < -0.3 is 48.5 Å².